The number of hydrogen-bond donors (Lipinski definition) is 2. The summed E-state index contributed by atoms with van der Waals surface area (Å²) in [4.78, 5) is 11.4. The van der Waals surface area contributed by atoms with E-state index in [1.165, 1.54) is 0 Å². The lowest BCUT2D eigenvalue weighted by Crippen LogP contribution is -2.18. The molecule has 0 atom stereocenters. The Bertz CT molecular complexity index is 728. The number of amides is 1. The quantitative estimate of drug-likeness (QED) is 0.807. The van der Waals surface area contributed by atoms with Crippen LogP contribution >= 0.6 is 15.9 Å². The highest BCUT2D eigenvalue weighted by atomic mass is 79.9. The zero-order valence-corrected chi connectivity index (χ0v) is 13.2. The van der Waals surface area contributed by atoms with Crippen molar-refractivity contribution in [1.82, 2.24) is 0 Å². The number of nitrogen functional groups attached to an aromatic ring is 1. The molecule has 1 heterocycles. The average Bonchev–Trinajstić information content (AvgIpc) is 2.45. The molecule has 0 unspecified atom stereocenters. The van der Waals surface area contributed by atoms with E-state index in [4.69, 9.17) is 10.5 Å². The predicted octanol–water partition coefficient (Wildman–Crippen LogP) is 4.02. The van der Waals surface area contributed by atoms with Gasteiger partial charge >= 0.3 is 0 Å². The van der Waals surface area contributed by atoms with Crippen molar-refractivity contribution in [2.75, 3.05) is 11.1 Å². The van der Waals surface area contributed by atoms with E-state index in [0.717, 1.165) is 44.9 Å². The van der Waals surface area contributed by atoms with Crippen molar-refractivity contribution < 1.29 is 9.53 Å². The topological polar surface area (TPSA) is 64.3 Å². The second-order valence-corrected chi connectivity index (χ2v) is 5.96. The number of anilines is 2. The fraction of sp³-hybridized carbons (Fsp3) is 0.188. The van der Waals surface area contributed by atoms with Crippen LogP contribution in [0.5, 0.6) is 11.5 Å². The van der Waals surface area contributed by atoms with E-state index in [1.54, 1.807) is 0 Å². The van der Waals surface area contributed by atoms with E-state index in [9.17, 15) is 4.79 Å². The molecule has 3 rings (SSSR count). The van der Waals surface area contributed by atoms with Gasteiger partial charge in [-0.3, -0.25) is 4.79 Å². The summed E-state index contributed by atoms with van der Waals surface area (Å²) in [7, 11) is 0. The smallest absolute Gasteiger partial charge is 0.224 e. The van der Waals surface area contributed by atoms with Crippen LogP contribution in [0, 0.1) is 6.92 Å². The number of hydrogen-bond acceptors (Lipinski definition) is 3. The Hall–Kier alpha value is -2.01. The maximum Gasteiger partial charge on any atom is 0.224 e. The number of nitrogens with one attached hydrogen (secondary N) is 1. The van der Waals surface area contributed by atoms with Crippen LogP contribution in [-0.4, -0.2) is 5.91 Å². The maximum absolute atomic E-state index is 11.4. The largest absolute Gasteiger partial charge is 0.456 e. The van der Waals surface area contributed by atoms with Crippen LogP contribution in [0.3, 0.4) is 0 Å². The number of carbonyl (C=O) groups is 1. The summed E-state index contributed by atoms with van der Waals surface area (Å²) in [6.07, 6.45) is 1.25. The third-order valence-corrected chi connectivity index (χ3v) is 4.14. The highest BCUT2D eigenvalue weighted by molar-refractivity contribution is 9.10. The minimum absolute atomic E-state index is 0.0630. The Kier molecular flexibility index (Phi) is 3.59. The molecule has 3 N–H and O–H groups in total. The number of nitrogens with two attached hydrogens (primary N) is 1. The van der Waals surface area contributed by atoms with Crippen LogP contribution in [0.25, 0.3) is 0 Å². The van der Waals surface area contributed by atoms with Crippen molar-refractivity contribution in [2.24, 2.45) is 0 Å². The van der Waals surface area contributed by atoms with Crippen molar-refractivity contribution in [2.45, 2.75) is 19.8 Å². The molecule has 108 valence electrons. The molecule has 0 aliphatic carbocycles. The number of carbonyl (C=O) groups excluding carboxylic acids is 1. The van der Waals surface area contributed by atoms with Gasteiger partial charge in [-0.15, -0.1) is 0 Å². The minimum Gasteiger partial charge on any atom is -0.456 e. The van der Waals surface area contributed by atoms with Gasteiger partial charge in [0, 0.05) is 17.8 Å². The molecule has 21 heavy (non-hydrogen) atoms. The third kappa shape index (κ3) is 2.88. The van der Waals surface area contributed by atoms with Gasteiger partial charge in [-0.2, -0.15) is 0 Å². The molecule has 0 spiro atoms. The van der Waals surface area contributed by atoms with E-state index in [-0.39, 0.29) is 5.91 Å². The molecule has 0 radical (unpaired) electrons. The summed E-state index contributed by atoms with van der Waals surface area (Å²) >= 11 is 3.46. The zero-order chi connectivity index (χ0) is 15.0. The van der Waals surface area contributed by atoms with Gasteiger partial charge in [0.05, 0.1) is 4.47 Å². The summed E-state index contributed by atoms with van der Waals surface area (Å²) < 4.78 is 6.74. The van der Waals surface area contributed by atoms with E-state index < -0.39 is 0 Å². The van der Waals surface area contributed by atoms with Gasteiger partial charge in [-0.1, -0.05) is 0 Å². The number of rotatable bonds is 2. The molecule has 5 heteroatoms. The number of aryl methyl sites for hydroxylation is 2. The summed E-state index contributed by atoms with van der Waals surface area (Å²) in [5.74, 6) is 1.53. The normalized spacial score (nSPS) is 13.5. The lowest BCUT2D eigenvalue weighted by atomic mass is 10.0. The van der Waals surface area contributed by atoms with E-state index >= 15 is 0 Å². The van der Waals surface area contributed by atoms with Crippen LogP contribution < -0.4 is 15.8 Å². The monoisotopic (exact) mass is 346 g/mol. The van der Waals surface area contributed by atoms with E-state index in [0.29, 0.717) is 6.42 Å². The Morgan fingerprint density at radius 3 is 2.86 bits per heavy atom. The molecule has 0 saturated heterocycles. The Balaban J connectivity index is 1.89. The van der Waals surface area contributed by atoms with E-state index in [1.807, 2.05) is 37.3 Å². The lowest BCUT2D eigenvalue weighted by Gasteiger charge is -2.18. The first-order chi connectivity index (χ1) is 10.0. The van der Waals surface area contributed by atoms with Gasteiger partial charge in [0.2, 0.25) is 5.91 Å². The molecule has 2 aromatic carbocycles. The first-order valence-corrected chi connectivity index (χ1v) is 7.48. The molecule has 0 aromatic heterocycles. The molecule has 0 fully saturated rings. The van der Waals surface area contributed by atoms with Gasteiger partial charge < -0.3 is 15.8 Å². The number of benzene rings is 2. The number of ether oxygens (including phenoxy) is 1. The molecular weight excluding hydrogens is 332 g/mol. The van der Waals surface area contributed by atoms with Crippen LogP contribution in [-0.2, 0) is 11.2 Å². The SMILES string of the molecule is Cc1cc(Oc2ccc3c(c2)CCC(=O)N3)c(Br)cc1N. The van der Waals surface area contributed by atoms with Crippen molar-refractivity contribution in [3.8, 4) is 11.5 Å². The second kappa shape index (κ2) is 5.41. The number of fused-ring (bicyclic) bond motifs is 1. The summed E-state index contributed by atoms with van der Waals surface area (Å²) in [5.41, 5.74) is 9.52. The Morgan fingerprint density at radius 2 is 2.05 bits per heavy atom. The predicted molar refractivity (Wildman–Crippen MR) is 86.8 cm³/mol. The summed E-state index contributed by atoms with van der Waals surface area (Å²) in [5, 5.41) is 2.86. The number of halogens is 1. The Labute approximate surface area is 131 Å². The minimum atomic E-state index is 0.0630. The molecule has 0 bridgehead atoms. The van der Waals surface area contributed by atoms with Crippen LogP contribution in [0.15, 0.2) is 34.8 Å². The first kappa shape index (κ1) is 13.9. The molecule has 1 aliphatic heterocycles. The molecule has 2 aromatic rings. The first-order valence-electron chi connectivity index (χ1n) is 6.69. The van der Waals surface area contributed by atoms with Crippen LogP contribution in [0.1, 0.15) is 17.5 Å². The van der Waals surface area contributed by atoms with Gasteiger partial charge in [0.15, 0.2) is 0 Å². The highest BCUT2D eigenvalue weighted by Gasteiger charge is 2.15. The van der Waals surface area contributed by atoms with Crippen molar-refractivity contribution >= 4 is 33.2 Å². The van der Waals surface area contributed by atoms with Crippen molar-refractivity contribution in [3.05, 3.63) is 45.9 Å². The molecule has 1 aliphatic rings. The van der Waals surface area contributed by atoms with E-state index in [2.05, 4.69) is 21.2 Å². The van der Waals surface area contributed by atoms with Crippen LogP contribution in [0.4, 0.5) is 11.4 Å². The molecule has 4 nitrogen and oxygen atoms in total. The molecule has 1 amide bonds. The Morgan fingerprint density at radius 1 is 1.24 bits per heavy atom. The van der Waals surface area contributed by atoms with Crippen molar-refractivity contribution in [1.29, 1.82) is 0 Å². The standard InChI is InChI=1S/C16H15BrN2O2/c1-9-6-15(12(17)8-13(9)18)21-11-3-4-14-10(7-11)2-5-16(20)19-14/h3-4,6-8H,2,5,18H2,1H3,(H,19,20). The zero-order valence-electron chi connectivity index (χ0n) is 11.6. The van der Waals surface area contributed by atoms with Crippen LogP contribution in [0.2, 0.25) is 0 Å². The van der Waals surface area contributed by atoms with Gasteiger partial charge in [0.1, 0.15) is 11.5 Å². The molecular formula is C16H15BrN2O2. The van der Waals surface area contributed by atoms with Gasteiger partial charge in [-0.05, 0) is 70.7 Å². The average molecular weight is 347 g/mol. The maximum atomic E-state index is 11.4. The van der Waals surface area contributed by atoms with Gasteiger partial charge in [0.25, 0.3) is 0 Å². The summed E-state index contributed by atoms with van der Waals surface area (Å²) in [6, 6.07) is 9.43. The molecule has 0 saturated carbocycles. The lowest BCUT2D eigenvalue weighted by molar-refractivity contribution is -0.116. The third-order valence-electron chi connectivity index (χ3n) is 3.52. The van der Waals surface area contributed by atoms with Crippen molar-refractivity contribution in [3.63, 3.8) is 0 Å². The fourth-order valence-corrected chi connectivity index (χ4v) is 2.74. The van der Waals surface area contributed by atoms with Gasteiger partial charge in [-0.25, -0.2) is 0 Å². The highest BCUT2D eigenvalue weighted by Crippen LogP contribution is 2.35. The second-order valence-electron chi connectivity index (χ2n) is 5.11. The summed E-state index contributed by atoms with van der Waals surface area (Å²) in [6.45, 7) is 1.94. The fourth-order valence-electron chi connectivity index (χ4n) is 2.30.